The Morgan fingerprint density at radius 3 is 2.94 bits per heavy atom. The van der Waals surface area contributed by atoms with Gasteiger partial charge < -0.3 is 5.32 Å². The van der Waals surface area contributed by atoms with E-state index in [-0.39, 0.29) is 0 Å². The summed E-state index contributed by atoms with van der Waals surface area (Å²) >= 11 is 0. The number of nitrogens with one attached hydrogen (secondary N) is 1. The summed E-state index contributed by atoms with van der Waals surface area (Å²) in [5.41, 5.74) is 3.64. The van der Waals surface area contributed by atoms with Crippen LogP contribution in [0.2, 0.25) is 0 Å². The third-order valence-electron chi connectivity index (χ3n) is 3.08. The molecule has 0 spiro atoms. The van der Waals surface area contributed by atoms with Crippen LogP contribution >= 0.6 is 0 Å². The molecule has 0 atom stereocenters. The van der Waals surface area contributed by atoms with Crippen molar-refractivity contribution in [1.29, 1.82) is 0 Å². The summed E-state index contributed by atoms with van der Waals surface area (Å²) in [6.45, 7) is 6.36. The Morgan fingerprint density at radius 2 is 2.11 bits per heavy atom. The molecule has 2 nitrogen and oxygen atoms in total. The Hall–Kier alpha value is -1.67. The minimum Gasteiger partial charge on any atom is -0.317 e. The van der Waals surface area contributed by atoms with E-state index in [1.807, 2.05) is 12.3 Å². The number of hydrogen-bond donors (Lipinski definition) is 1. The molecule has 2 rings (SSSR count). The van der Waals surface area contributed by atoms with Gasteiger partial charge >= 0.3 is 0 Å². The van der Waals surface area contributed by atoms with Gasteiger partial charge in [0.2, 0.25) is 0 Å². The number of aromatic nitrogens is 1. The summed E-state index contributed by atoms with van der Waals surface area (Å²) in [4.78, 5) is 4.49. The van der Waals surface area contributed by atoms with Crippen LogP contribution in [-0.2, 0) is 0 Å². The second-order valence-corrected chi connectivity index (χ2v) is 4.41. The van der Waals surface area contributed by atoms with Gasteiger partial charge in [-0.15, -0.1) is 0 Å². The molecule has 94 valence electrons. The molecule has 18 heavy (non-hydrogen) atoms. The molecule has 2 aromatic rings. The third kappa shape index (κ3) is 2.96. The van der Waals surface area contributed by atoms with Crippen molar-refractivity contribution < 1.29 is 0 Å². The summed E-state index contributed by atoms with van der Waals surface area (Å²) in [6, 6.07) is 10.4. The summed E-state index contributed by atoms with van der Waals surface area (Å²) in [7, 11) is 0. The maximum absolute atomic E-state index is 4.49. The Balaban J connectivity index is 2.24. The molecule has 0 amide bonds. The first kappa shape index (κ1) is 12.8. The summed E-state index contributed by atoms with van der Waals surface area (Å²) in [5, 5.41) is 4.54. The van der Waals surface area contributed by atoms with Gasteiger partial charge in [-0.3, -0.25) is 4.98 Å². The fourth-order valence-corrected chi connectivity index (χ4v) is 2.10. The molecular weight excluding hydrogens is 220 g/mol. The summed E-state index contributed by atoms with van der Waals surface area (Å²) < 4.78 is 0. The van der Waals surface area contributed by atoms with Crippen LogP contribution in [0, 0.1) is 0 Å². The molecule has 0 aliphatic carbocycles. The Kier molecular flexibility index (Phi) is 4.48. The zero-order valence-electron chi connectivity index (χ0n) is 11.1. The van der Waals surface area contributed by atoms with Crippen molar-refractivity contribution in [3.63, 3.8) is 0 Å². The van der Waals surface area contributed by atoms with E-state index in [4.69, 9.17) is 0 Å². The zero-order valence-corrected chi connectivity index (χ0v) is 11.1. The van der Waals surface area contributed by atoms with Crippen molar-refractivity contribution in [3.05, 3.63) is 48.2 Å². The van der Waals surface area contributed by atoms with Crippen molar-refractivity contribution in [2.45, 2.75) is 20.3 Å². The van der Waals surface area contributed by atoms with Crippen LogP contribution in [0.4, 0.5) is 0 Å². The molecule has 2 heteroatoms. The first-order valence-corrected chi connectivity index (χ1v) is 6.54. The SMILES string of the molecule is CCNCC/C=C(/C)c1cccc2cccnc12. The Morgan fingerprint density at radius 1 is 1.28 bits per heavy atom. The second kappa shape index (κ2) is 6.31. The average molecular weight is 240 g/mol. The van der Waals surface area contributed by atoms with Gasteiger partial charge in [0.05, 0.1) is 5.52 Å². The van der Waals surface area contributed by atoms with Crippen LogP contribution in [0.15, 0.2) is 42.6 Å². The molecule has 0 unspecified atom stereocenters. The van der Waals surface area contributed by atoms with Gasteiger partial charge in [0.15, 0.2) is 0 Å². The number of allylic oxidation sites excluding steroid dienone is 1. The average Bonchev–Trinajstić information content (AvgIpc) is 2.43. The fraction of sp³-hybridized carbons (Fsp3) is 0.312. The van der Waals surface area contributed by atoms with E-state index in [2.05, 4.69) is 54.5 Å². The van der Waals surface area contributed by atoms with E-state index in [1.54, 1.807) is 0 Å². The lowest BCUT2D eigenvalue weighted by Gasteiger charge is -2.06. The molecule has 0 saturated carbocycles. The van der Waals surface area contributed by atoms with Crippen molar-refractivity contribution in [1.82, 2.24) is 10.3 Å². The molecular formula is C16H20N2. The first-order valence-electron chi connectivity index (χ1n) is 6.54. The molecule has 0 saturated heterocycles. The number of para-hydroxylation sites is 1. The highest BCUT2D eigenvalue weighted by Crippen LogP contribution is 2.23. The normalized spacial score (nSPS) is 12.0. The van der Waals surface area contributed by atoms with E-state index in [0.717, 1.165) is 25.0 Å². The molecule has 0 aliphatic rings. The lowest BCUT2D eigenvalue weighted by atomic mass is 10.0. The van der Waals surface area contributed by atoms with Gasteiger partial charge in [-0.05, 0) is 38.1 Å². The van der Waals surface area contributed by atoms with Gasteiger partial charge in [0.25, 0.3) is 0 Å². The maximum atomic E-state index is 4.49. The highest BCUT2D eigenvalue weighted by Gasteiger charge is 2.02. The van der Waals surface area contributed by atoms with E-state index in [1.165, 1.54) is 16.5 Å². The highest BCUT2D eigenvalue weighted by atomic mass is 14.8. The largest absolute Gasteiger partial charge is 0.317 e. The van der Waals surface area contributed by atoms with Crippen LogP contribution < -0.4 is 5.32 Å². The van der Waals surface area contributed by atoms with Crippen molar-refractivity contribution in [2.24, 2.45) is 0 Å². The van der Waals surface area contributed by atoms with Gasteiger partial charge in [-0.2, -0.15) is 0 Å². The van der Waals surface area contributed by atoms with Crippen molar-refractivity contribution in [3.8, 4) is 0 Å². The predicted octanol–water partition coefficient (Wildman–Crippen LogP) is 3.64. The number of rotatable bonds is 5. The molecule has 1 heterocycles. The topological polar surface area (TPSA) is 24.9 Å². The van der Waals surface area contributed by atoms with Gasteiger partial charge in [-0.25, -0.2) is 0 Å². The standard InChI is InChI=1S/C16H20N2/c1-3-17-11-5-7-13(2)15-10-4-8-14-9-6-12-18-16(14)15/h4,6-10,12,17H,3,5,11H2,1-2H3/b13-7-. The molecule has 0 bridgehead atoms. The minimum absolute atomic E-state index is 1.03. The maximum Gasteiger partial charge on any atom is 0.0776 e. The minimum atomic E-state index is 1.03. The first-order chi connectivity index (χ1) is 8.83. The smallest absolute Gasteiger partial charge is 0.0776 e. The predicted molar refractivity (Wildman–Crippen MR) is 78.6 cm³/mol. The quantitative estimate of drug-likeness (QED) is 0.807. The highest BCUT2D eigenvalue weighted by molar-refractivity contribution is 5.90. The number of hydrogen-bond acceptors (Lipinski definition) is 2. The van der Waals surface area contributed by atoms with Gasteiger partial charge in [-0.1, -0.05) is 37.3 Å². The van der Waals surface area contributed by atoms with Crippen LogP contribution in [0.1, 0.15) is 25.8 Å². The molecule has 1 aromatic heterocycles. The van der Waals surface area contributed by atoms with Crippen LogP contribution in [-0.4, -0.2) is 18.1 Å². The Labute approximate surface area is 109 Å². The molecule has 1 aromatic carbocycles. The fourth-order valence-electron chi connectivity index (χ4n) is 2.10. The molecule has 0 fully saturated rings. The Bertz CT molecular complexity index is 538. The molecule has 1 N–H and O–H groups in total. The van der Waals surface area contributed by atoms with E-state index >= 15 is 0 Å². The van der Waals surface area contributed by atoms with E-state index in [0.29, 0.717) is 0 Å². The zero-order chi connectivity index (χ0) is 12.8. The van der Waals surface area contributed by atoms with Crippen LogP contribution in [0.25, 0.3) is 16.5 Å². The number of fused-ring (bicyclic) bond motifs is 1. The van der Waals surface area contributed by atoms with E-state index in [9.17, 15) is 0 Å². The van der Waals surface area contributed by atoms with Gasteiger partial charge in [0.1, 0.15) is 0 Å². The third-order valence-corrected chi connectivity index (χ3v) is 3.08. The number of pyridine rings is 1. The van der Waals surface area contributed by atoms with Crippen LogP contribution in [0.3, 0.4) is 0 Å². The van der Waals surface area contributed by atoms with Crippen molar-refractivity contribution in [2.75, 3.05) is 13.1 Å². The summed E-state index contributed by atoms with van der Waals surface area (Å²) in [6.07, 6.45) is 5.20. The number of nitrogens with zero attached hydrogens (tertiary/aromatic N) is 1. The van der Waals surface area contributed by atoms with Crippen LogP contribution in [0.5, 0.6) is 0 Å². The molecule has 0 aliphatic heterocycles. The van der Waals surface area contributed by atoms with E-state index < -0.39 is 0 Å². The molecule has 0 radical (unpaired) electrons. The monoisotopic (exact) mass is 240 g/mol. The lowest BCUT2D eigenvalue weighted by molar-refractivity contribution is 0.727. The second-order valence-electron chi connectivity index (χ2n) is 4.41. The summed E-state index contributed by atoms with van der Waals surface area (Å²) in [5.74, 6) is 0. The van der Waals surface area contributed by atoms with Crippen molar-refractivity contribution >= 4 is 16.5 Å². The lowest BCUT2D eigenvalue weighted by Crippen LogP contribution is -2.13. The number of benzene rings is 1. The van der Waals surface area contributed by atoms with Gasteiger partial charge in [0, 0.05) is 17.1 Å².